The van der Waals surface area contributed by atoms with Crippen LogP contribution >= 0.6 is 23.4 Å². The number of nitrogens with zero attached hydrogens (tertiary/aromatic N) is 4. The summed E-state index contributed by atoms with van der Waals surface area (Å²) in [4.78, 5) is 2.21. The van der Waals surface area contributed by atoms with Gasteiger partial charge in [0.15, 0.2) is 5.16 Å². The zero-order valence-electron chi connectivity index (χ0n) is 13.0. The summed E-state index contributed by atoms with van der Waals surface area (Å²) < 4.78 is 7.55. The summed E-state index contributed by atoms with van der Waals surface area (Å²) in [5, 5.41) is 10.2. The number of aromatic nitrogens is 3. The second-order valence-electron chi connectivity index (χ2n) is 5.31. The summed E-state index contributed by atoms with van der Waals surface area (Å²) in [6.07, 6.45) is 0. The fourth-order valence-corrected chi connectivity index (χ4v) is 3.35. The van der Waals surface area contributed by atoms with Crippen molar-refractivity contribution in [3.63, 3.8) is 0 Å². The average Bonchev–Trinajstić information content (AvgIpc) is 2.98. The third-order valence-corrected chi connectivity index (χ3v) is 4.93. The molecule has 5 nitrogen and oxygen atoms in total. The molecule has 1 aromatic carbocycles. The van der Waals surface area contributed by atoms with Crippen LogP contribution in [0.1, 0.15) is 5.56 Å². The molecule has 2 heterocycles. The van der Waals surface area contributed by atoms with E-state index in [1.54, 1.807) is 11.8 Å². The summed E-state index contributed by atoms with van der Waals surface area (Å²) in [5.74, 6) is 1.46. The van der Waals surface area contributed by atoms with Crippen LogP contribution in [0.3, 0.4) is 0 Å². The van der Waals surface area contributed by atoms with Crippen molar-refractivity contribution in [2.45, 2.75) is 12.1 Å². The fourth-order valence-electron chi connectivity index (χ4n) is 2.49. The van der Waals surface area contributed by atoms with Gasteiger partial charge in [0.1, 0.15) is 0 Å². The molecule has 2 aromatic rings. The number of thioether (sulfide) groups is 1. The van der Waals surface area contributed by atoms with E-state index in [4.69, 9.17) is 16.3 Å². The monoisotopic (exact) mass is 350 g/mol. The van der Waals surface area contributed by atoms with E-state index in [0.29, 0.717) is 24.0 Å². The number of anilines is 1. The molecule has 0 N–H and O–H groups in total. The second-order valence-corrected chi connectivity index (χ2v) is 6.79. The molecule has 122 valence electrons. The minimum absolute atomic E-state index is 0.599. The van der Waals surface area contributed by atoms with Crippen LogP contribution in [-0.2, 0) is 4.74 Å². The zero-order valence-corrected chi connectivity index (χ0v) is 14.6. The Kier molecular flexibility index (Phi) is 5.25. The first-order valence-electron chi connectivity index (χ1n) is 7.47. The van der Waals surface area contributed by atoms with E-state index in [2.05, 4.69) is 45.3 Å². The van der Waals surface area contributed by atoms with Crippen molar-refractivity contribution in [1.82, 2.24) is 14.8 Å². The Hall–Kier alpha value is -1.50. The van der Waals surface area contributed by atoms with Crippen molar-refractivity contribution in [3.05, 3.63) is 41.4 Å². The van der Waals surface area contributed by atoms with Gasteiger partial charge in [-0.2, -0.15) is 0 Å². The van der Waals surface area contributed by atoms with Crippen LogP contribution in [0.25, 0.3) is 5.69 Å². The molecular weight excluding hydrogens is 332 g/mol. The third-order valence-electron chi connectivity index (χ3n) is 3.62. The summed E-state index contributed by atoms with van der Waals surface area (Å²) in [7, 11) is 0. The van der Waals surface area contributed by atoms with Gasteiger partial charge in [-0.15, -0.1) is 10.2 Å². The van der Waals surface area contributed by atoms with E-state index >= 15 is 0 Å². The number of benzene rings is 1. The summed E-state index contributed by atoms with van der Waals surface area (Å²) in [6, 6.07) is 8.24. The normalized spacial score (nSPS) is 15.0. The Bertz CT molecular complexity index is 697. The van der Waals surface area contributed by atoms with Gasteiger partial charge in [0, 0.05) is 23.9 Å². The highest BCUT2D eigenvalue weighted by Gasteiger charge is 2.22. The standard InChI is InChI=1S/C16H19ClN4OS/c1-12-5-3-4-6-14(12)21-15(20-7-9-22-10-8-20)18-19-16(21)23-11-13(2)17/h3-6H,2,7-11H2,1H3. The highest BCUT2D eigenvalue weighted by molar-refractivity contribution is 7.99. The summed E-state index contributed by atoms with van der Waals surface area (Å²) in [5.41, 5.74) is 2.26. The van der Waals surface area contributed by atoms with E-state index in [9.17, 15) is 0 Å². The molecule has 1 aliphatic rings. The quantitative estimate of drug-likeness (QED) is 0.774. The molecule has 0 amide bonds. The van der Waals surface area contributed by atoms with Crippen LogP contribution in [0.2, 0.25) is 0 Å². The van der Waals surface area contributed by atoms with Crippen LogP contribution in [0.15, 0.2) is 41.0 Å². The number of rotatable bonds is 5. The number of hydrogen-bond donors (Lipinski definition) is 0. The van der Waals surface area contributed by atoms with Crippen LogP contribution < -0.4 is 4.90 Å². The Morgan fingerprint density at radius 3 is 2.74 bits per heavy atom. The van der Waals surface area contributed by atoms with Crippen LogP contribution in [0, 0.1) is 6.92 Å². The molecule has 0 saturated carbocycles. The Morgan fingerprint density at radius 1 is 1.30 bits per heavy atom. The van der Waals surface area contributed by atoms with E-state index in [1.807, 2.05) is 12.1 Å². The lowest BCUT2D eigenvalue weighted by atomic mass is 10.2. The van der Waals surface area contributed by atoms with Crippen molar-refractivity contribution in [1.29, 1.82) is 0 Å². The first kappa shape index (κ1) is 16.4. The molecule has 0 radical (unpaired) electrons. The molecule has 0 unspecified atom stereocenters. The number of ether oxygens (including phenoxy) is 1. The van der Waals surface area contributed by atoms with Gasteiger partial charge in [-0.1, -0.05) is 48.1 Å². The number of halogens is 1. The molecule has 1 aliphatic heterocycles. The first-order valence-corrected chi connectivity index (χ1v) is 8.83. The largest absolute Gasteiger partial charge is 0.378 e. The van der Waals surface area contributed by atoms with Crippen LogP contribution in [0.5, 0.6) is 0 Å². The van der Waals surface area contributed by atoms with Gasteiger partial charge in [0.2, 0.25) is 5.95 Å². The maximum atomic E-state index is 5.91. The lowest BCUT2D eigenvalue weighted by Crippen LogP contribution is -2.38. The van der Waals surface area contributed by atoms with Crippen molar-refractivity contribution in [2.24, 2.45) is 0 Å². The summed E-state index contributed by atoms with van der Waals surface area (Å²) in [6.45, 7) is 8.89. The maximum absolute atomic E-state index is 5.91. The zero-order chi connectivity index (χ0) is 16.2. The minimum Gasteiger partial charge on any atom is -0.378 e. The van der Waals surface area contributed by atoms with Gasteiger partial charge in [0.05, 0.1) is 18.9 Å². The first-order chi connectivity index (χ1) is 11.2. The minimum atomic E-state index is 0.599. The number of hydrogen-bond acceptors (Lipinski definition) is 5. The highest BCUT2D eigenvalue weighted by Crippen LogP contribution is 2.29. The predicted octanol–water partition coefficient (Wildman–Crippen LogP) is 3.26. The fraction of sp³-hybridized carbons (Fsp3) is 0.375. The molecule has 0 bridgehead atoms. The van der Waals surface area contributed by atoms with E-state index < -0.39 is 0 Å². The molecule has 3 rings (SSSR count). The van der Waals surface area contributed by atoms with Crippen molar-refractivity contribution in [3.8, 4) is 5.69 Å². The smallest absolute Gasteiger partial charge is 0.232 e. The molecule has 0 atom stereocenters. The molecular formula is C16H19ClN4OS. The van der Waals surface area contributed by atoms with Gasteiger partial charge < -0.3 is 9.64 Å². The number of para-hydroxylation sites is 1. The molecule has 1 aromatic heterocycles. The van der Waals surface area contributed by atoms with Crippen molar-refractivity contribution in [2.75, 3.05) is 37.0 Å². The van der Waals surface area contributed by atoms with Gasteiger partial charge >= 0.3 is 0 Å². The molecule has 1 fully saturated rings. The molecule has 0 aliphatic carbocycles. The Morgan fingerprint density at radius 2 is 2.04 bits per heavy atom. The number of aryl methyl sites for hydroxylation is 1. The lowest BCUT2D eigenvalue weighted by molar-refractivity contribution is 0.122. The SMILES string of the molecule is C=C(Cl)CSc1nnc(N2CCOCC2)n1-c1ccccc1C. The van der Waals surface area contributed by atoms with Crippen molar-refractivity contribution >= 4 is 29.3 Å². The molecule has 0 spiro atoms. The summed E-state index contributed by atoms with van der Waals surface area (Å²) >= 11 is 7.46. The second kappa shape index (κ2) is 7.38. The van der Waals surface area contributed by atoms with Gasteiger partial charge in [-0.25, -0.2) is 0 Å². The predicted molar refractivity (Wildman–Crippen MR) is 94.8 cm³/mol. The van der Waals surface area contributed by atoms with Gasteiger partial charge in [-0.3, -0.25) is 4.57 Å². The van der Waals surface area contributed by atoms with Gasteiger partial charge in [-0.05, 0) is 18.6 Å². The average molecular weight is 351 g/mol. The Labute approximate surface area is 145 Å². The van der Waals surface area contributed by atoms with Crippen LogP contribution in [0.4, 0.5) is 5.95 Å². The topological polar surface area (TPSA) is 43.2 Å². The third kappa shape index (κ3) is 3.71. The molecule has 7 heteroatoms. The lowest BCUT2D eigenvalue weighted by Gasteiger charge is -2.28. The Balaban J connectivity index is 2.02. The maximum Gasteiger partial charge on any atom is 0.232 e. The van der Waals surface area contributed by atoms with Crippen LogP contribution in [-0.4, -0.2) is 46.8 Å². The highest BCUT2D eigenvalue weighted by atomic mass is 35.5. The van der Waals surface area contributed by atoms with E-state index in [-0.39, 0.29) is 0 Å². The van der Waals surface area contributed by atoms with Gasteiger partial charge in [0.25, 0.3) is 0 Å². The number of morpholine rings is 1. The van der Waals surface area contributed by atoms with Crippen molar-refractivity contribution < 1.29 is 4.74 Å². The van der Waals surface area contributed by atoms with E-state index in [0.717, 1.165) is 29.9 Å². The van der Waals surface area contributed by atoms with E-state index in [1.165, 1.54) is 5.56 Å². The molecule has 1 saturated heterocycles. The molecule has 23 heavy (non-hydrogen) atoms.